The number of unbranched alkanes of at least 4 members (excludes halogenated alkanes) is 7. The van der Waals surface area contributed by atoms with Crippen LogP contribution in [-0.4, -0.2) is 12.7 Å². The Morgan fingerprint density at radius 3 is 2.20 bits per heavy atom. The lowest BCUT2D eigenvalue weighted by Crippen LogP contribution is -2.37. The summed E-state index contributed by atoms with van der Waals surface area (Å²) < 4.78 is 6.37. The van der Waals surface area contributed by atoms with Crippen molar-refractivity contribution in [2.75, 3.05) is 6.61 Å². The highest BCUT2D eigenvalue weighted by Crippen LogP contribution is 2.41. The molecular formula is C23H41NO. The molecule has 144 valence electrons. The standard InChI is InChI=1S/C23H41NO/c1-2-3-4-5-6-7-8-12-17-25-23-18-20(19-24)15-16-22(23)21-13-10-9-11-14-21/h20-23H,2-18H2,1H3/t20-,22+,23-/m1/s1. The molecule has 0 spiro atoms. The Labute approximate surface area is 156 Å². The molecule has 3 atom stereocenters. The summed E-state index contributed by atoms with van der Waals surface area (Å²) in [5.74, 6) is 1.85. The molecule has 2 nitrogen and oxygen atoms in total. The Hall–Kier alpha value is -0.550. The molecule has 25 heavy (non-hydrogen) atoms. The van der Waals surface area contributed by atoms with Crippen LogP contribution < -0.4 is 0 Å². The molecular weight excluding hydrogens is 306 g/mol. The van der Waals surface area contributed by atoms with E-state index in [0.717, 1.165) is 31.3 Å². The fourth-order valence-corrected chi connectivity index (χ4v) is 5.03. The molecule has 2 aliphatic rings. The van der Waals surface area contributed by atoms with Crippen LogP contribution in [0.2, 0.25) is 0 Å². The van der Waals surface area contributed by atoms with E-state index in [9.17, 15) is 5.26 Å². The molecule has 2 aliphatic carbocycles. The Morgan fingerprint density at radius 2 is 1.52 bits per heavy atom. The molecule has 0 aromatic rings. The molecule has 2 saturated carbocycles. The minimum atomic E-state index is 0.239. The maximum absolute atomic E-state index is 9.33. The fourth-order valence-electron chi connectivity index (χ4n) is 5.03. The Balaban J connectivity index is 1.64. The summed E-state index contributed by atoms with van der Waals surface area (Å²) in [5.41, 5.74) is 0. The van der Waals surface area contributed by atoms with E-state index in [1.54, 1.807) is 0 Å². The van der Waals surface area contributed by atoms with Gasteiger partial charge in [-0.25, -0.2) is 0 Å². The van der Waals surface area contributed by atoms with Gasteiger partial charge < -0.3 is 4.74 Å². The number of hydrogen-bond donors (Lipinski definition) is 0. The molecule has 0 radical (unpaired) electrons. The second-order valence-corrected chi connectivity index (χ2v) is 8.59. The van der Waals surface area contributed by atoms with Crippen molar-refractivity contribution in [2.24, 2.45) is 17.8 Å². The highest BCUT2D eigenvalue weighted by atomic mass is 16.5. The summed E-state index contributed by atoms with van der Waals surface area (Å²) in [6.45, 7) is 3.20. The molecule has 0 aliphatic heterocycles. The summed E-state index contributed by atoms with van der Waals surface area (Å²) in [6, 6.07) is 2.51. The van der Waals surface area contributed by atoms with E-state index in [1.165, 1.54) is 89.9 Å². The van der Waals surface area contributed by atoms with Crippen LogP contribution in [0, 0.1) is 29.1 Å². The van der Waals surface area contributed by atoms with Crippen LogP contribution in [0.25, 0.3) is 0 Å². The second kappa shape index (κ2) is 12.7. The van der Waals surface area contributed by atoms with E-state index in [-0.39, 0.29) is 5.92 Å². The molecule has 2 heteroatoms. The fraction of sp³-hybridized carbons (Fsp3) is 0.957. The van der Waals surface area contributed by atoms with Crippen molar-refractivity contribution in [1.82, 2.24) is 0 Å². The van der Waals surface area contributed by atoms with Crippen molar-refractivity contribution in [3.05, 3.63) is 0 Å². The normalized spacial score (nSPS) is 27.9. The lowest BCUT2D eigenvalue weighted by Gasteiger charge is -2.40. The summed E-state index contributed by atoms with van der Waals surface area (Å²) in [4.78, 5) is 0. The van der Waals surface area contributed by atoms with E-state index < -0.39 is 0 Å². The maximum Gasteiger partial charge on any atom is 0.0656 e. The number of rotatable bonds is 11. The topological polar surface area (TPSA) is 33.0 Å². The van der Waals surface area contributed by atoms with Gasteiger partial charge in [-0.15, -0.1) is 0 Å². The van der Waals surface area contributed by atoms with E-state index in [2.05, 4.69) is 13.0 Å². The second-order valence-electron chi connectivity index (χ2n) is 8.59. The summed E-state index contributed by atoms with van der Waals surface area (Å²) in [7, 11) is 0. The summed E-state index contributed by atoms with van der Waals surface area (Å²) in [5, 5.41) is 9.33. The van der Waals surface area contributed by atoms with E-state index >= 15 is 0 Å². The predicted octanol–water partition coefficient (Wildman–Crippen LogP) is 7.03. The van der Waals surface area contributed by atoms with Gasteiger partial charge >= 0.3 is 0 Å². The van der Waals surface area contributed by atoms with Crippen molar-refractivity contribution in [3.8, 4) is 6.07 Å². The Morgan fingerprint density at radius 1 is 0.840 bits per heavy atom. The zero-order chi connectivity index (χ0) is 17.7. The van der Waals surface area contributed by atoms with E-state index in [4.69, 9.17) is 4.74 Å². The van der Waals surface area contributed by atoms with Crippen LogP contribution in [0.3, 0.4) is 0 Å². The van der Waals surface area contributed by atoms with Gasteiger partial charge in [-0.2, -0.15) is 5.26 Å². The third-order valence-electron chi connectivity index (χ3n) is 6.61. The van der Waals surface area contributed by atoms with Gasteiger partial charge in [-0.05, 0) is 37.5 Å². The van der Waals surface area contributed by atoms with E-state index in [1.807, 2.05) is 0 Å². The lowest BCUT2D eigenvalue weighted by molar-refractivity contribution is -0.0457. The van der Waals surface area contributed by atoms with Gasteiger partial charge in [0.1, 0.15) is 0 Å². The molecule has 2 rings (SSSR count). The van der Waals surface area contributed by atoms with Crippen LogP contribution in [0.5, 0.6) is 0 Å². The van der Waals surface area contributed by atoms with Crippen molar-refractivity contribution in [3.63, 3.8) is 0 Å². The summed E-state index contributed by atoms with van der Waals surface area (Å²) >= 11 is 0. The van der Waals surface area contributed by atoms with Crippen molar-refractivity contribution >= 4 is 0 Å². The molecule has 0 bridgehead atoms. The molecule has 0 unspecified atom stereocenters. The number of hydrogen-bond acceptors (Lipinski definition) is 2. The third kappa shape index (κ3) is 7.69. The first-order chi connectivity index (χ1) is 12.3. The van der Waals surface area contributed by atoms with Crippen LogP contribution in [0.15, 0.2) is 0 Å². The molecule has 0 amide bonds. The van der Waals surface area contributed by atoms with Gasteiger partial charge in [0.15, 0.2) is 0 Å². The SMILES string of the molecule is CCCCCCCCCCO[C@@H]1C[C@H](C#N)CC[C@H]1C1CCCCC1. The smallest absolute Gasteiger partial charge is 0.0656 e. The molecule has 0 aromatic carbocycles. The minimum Gasteiger partial charge on any atom is -0.378 e. The quantitative estimate of drug-likeness (QED) is 0.376. The number of nitriles is 1. The van der Waals surface area contributed by atoms with Crippen molar-refractivity contribution in [2.45, 2.75) is 116 Å². The molecule has 0 saturated heterocycles. The van der Waals surface area contributed by atoms with Gasteiger partial charge in [0.25, 0.3) is 0 Å². The van der Waals surface area contributed by atoms with Gasteiger partial charge in [0.2, 0.25) is 0 Å². The van der Waals surface area contributed by atoms with Crippen LogP contribution in [-0.2, 0) is 4.74 Å². The first-order valence-electron chi connectivity index (χ1n) is 11.4. The van der Waals surface area contributed by atoms with Gasteiger partial charge in [0, 0.05) is 12.5 Å². The predicted molar refractivity (Wildman–Crippen MR) is 105 cm³/mol. The Bertz CT molecular complexity index is 369. The van der Waals surface area contributed by atoms with Crippen LogP contribution in [0.4, 0.5) is 0 Å². The van der Waals surface area contributed by atoms with Crippen LogP contribution >= 0.6 is 0 Å². The van der Waals surface area contributed by atoms with Crippen molar-refractivity contribution < 1.29 is 4.74 Å². The first kappa shape index (κ1) is 20.8. The molecule has 0 aromatic heterocycles. The largest absolute Gasteiger partial charge is 0.378 e. The summed E-state index contributed by atoms with van der Waals surface area (Å²) in [6.07, 6.45) is 21.6. The van der Waals surface area contributed by atoms with Gasteiger partial charge in [-0.1, -0.05) is 84.0 Å². The molecule has 0 heterocycles. The number of nitrogens with zero attached hydrogens (tertiary/aromatic N) is 1. The monoisotopic (exact) mass is 347 g/mol. The van der Waals surface area contributed by atoms with Gasteiger partial charge in [0.05, 0.1) is 12.2 Å². The lowest BCUT2D eigenvalue weighted by atomic mass is 9.69. The third-order valence-corrected chi connectivity index (χ3v) is 6.61. The zero-order valence-corrected chi connectivity index (χ0v) is 16.7. The van der Waals surface area contributed by atoms with E-state index in [0.29, 0.717) is 6.10 Å². The maximum atomic E-state index is 9.33. The number of ether oxygens (including phenoxy) is 1. The highest BCUT2D eigenvalue weighted by molar-refractivity contribution is 4.94. The Kier molecular flexibility index (Phi) is 10.6. The van der Waals surface area contributed by atoms with Gasteiger partial charge in [-0.3, -0.25) is 0 Å². The zero-order valence-electron chi connectivity index (χ0n) is 16.7. The van der Waals surface area contributed by atoms with Crippen LogP contribution in [0.1, 0.15) is 110 Å². The minimum absolute atomic E-state index is 0.239. The average Bonchev–Trinajstić information content (AvgIpc) is 2.67. The highest BCUT2D eigenvalue weighted by Gasteiger charge is 2.36. The first-order valence-corrected chi connectivity index (χ1v) is 11.4. The van der Waals surface area contributed by atoms with Crippen molar-refractivity contribution in [1.29, 1.82) is 5.26 Å². The molecule has 0 N–H and O–H groups in total. The average molecular weight is 348 g/mol. The molecule has 2 fully saturated rings.